The molecule has 0 saturated carbocycles. The largest absolute Gasteiger partial charge is 0.435 e. The van der Waals surface area contributed by atoms with Crippen LogP contribution in [-0.4, -0.2) is 68.6 Å². The highest BCUT2D eigenvalue weighted by atomic mass is 16.7. The van der Waals surface area contributed by atoms with E-state index < -0.39 is 48.2 Å². The summed E-state index contributed by atoms with van der Waals surface area (Å²) in [6.45, 7) is 1.04. The molecule has 1 heterocycles. The number of Topliss-reactive ketones (excluding diaryl/α,β-unsaturated/α-hetero) is 1. The monoisotopic (exact) mass is 279 g/mol. The summed E-state index contributed by atoms with van der Waals surface area (Å²) in [7, 11) is 0. The molecule has 0 amide bonds. The predicted octanol–water partition coefficient (Wildman–Crippen LogP) is -3.40. The number of ketones is 1. The highest BCUT2D eigenvalue weighted by molar-refractivity contribution is 5.85. The zero-order chi connectivity index (χ0) is 15.0. The van der Waals surface area contributed by atoms with E-state index in [0.29, 0.717) is 0 Å². The summed E-state index contributed by atoms with van der Waals surface area (Å²) in [6, 6.07) is 0. The Morgan fingerprint density at radius 3 is 2.26 bits per heavy atom. The van der Waals surface area contributed by atoms with E-state index in [0.717, 1.165) is 13.8 Å². The third kappa shape index (κ3) is 2.36. The highest BCUT2D eigenvalue weighted by Gasteiger charge is 2.67. The van der Waals surface area contributed by atoms with Crippen molar-refractivity contribution in [3.05, 3.63) is 0 Å². The van der Waals surface area contributed by atoms with Gasteiger partial charge in [-0.15, -0.1) is 0 Å². The molecule has 0 spiro atoms. The van der Waals surface area contributed by atoms with Gasteiger partial charge < -0.3 is 29.9 Å². The smallest absolute Gasteiger partial charge is 0.304 e. The number of aliphatic hydroxyl groups is 4. The molecule has 1 aliphatic heterocycles. The normalized spacial score (nSPS) is 42.8. The molecule has 1 saturated heterocycles. The van der Waals surface area contributed by atoms with Gasteiger partial charge in [-0.25, -0.2) is 0 Å². The Morgan fingerprint density at radius 2 is 1.89 bits per heavy atom. The fourth-order valence-corrected chi connectivity index (χ4v) is 1.91. The lowest BCUT2D eigenvalue weighted by molar-refractivity contribution is -0.368. The first-order valence-electron chi connectivity index (χ1n) is 5.46. The van der Waals surface area contributed by atoms with Gasteiger partial charge in [-0.3, -0.25) is 15.3 Å². The first-order valence-corrected chi connectivity index (χ1v) is 5.46. The zero-order valence-corrected chi connectivity index (χ0v) is 10.4. The van der Waals surface area contributed by atoms with Gasteiger partial charge in [-0.2, -0.15) is 0 Å². The molecular weight excluding hydrogens is 262 g/mol. The number of hydrogen-bond donors (Lipinski definition) is 5. The van der Waals surface area contributed by atoms with Crippen LogP contribution in [0.1, 0.15) is 13.8 Å². The van der Waals surface area contributed by atoms with E-state index in [1.807, 2.05) is 0 Å². The molecule has 0 aromatic rings. The van der Waals surface area contributed by atoms with Crippen molar-refractivity contribution in [1.29, 1.82) is 0 Å². The maximum absolute atomic E-state index is 11.5. The first-order chi connectivity index (χ1) is 8.60. The van der Waals surface area contributed by atoms with E-state index in [4.69, 9.17) is 15.6 Å². The number of carbonyl (C=O) groups excluding carboxylic acids is 2. The van der Waals surface area contributed by atoms with Crippen molar-refractivity contribution in [3.63, 3.8) is 0 Å². The van der Waals surface area contributed by atoms with Crippen molar-refractivity contribution < 1.29 is 39.5 Å². The fraction of sp³-hybridized carbons (Fsp3) is 0.800. The Balaban J connectivity index is 3.29. The Hall–Kier alpha value is -1.10. The molecule has 0 aliphatic carbocycles. The number of aliphatic hydroxyl groups excluding tert-OH is 3. The summed E-state index contributed by atoms with van der Waals surface area (Å²) in [5, 5.41) is 38.7. The molecule has 1 rings (SSSR count). The van der Waals surface area contributed by atoms with Crippen LogP contribution in [-0.2, 0) is 19.1 Å². The van der Waals surface area contributed by atoms with Gasteiger partial charge in [0.2, 0.25) is 0 Å². The third-order valence-corrected chi connectivity index (χ3v) is 2.97. The fourth-order valence-electron chi connectivity index (χ4n) is 1.91. The molecule has 9 heteroatoms. The average Bonchev–Trinajstić information content (AvgIpc) is 2.30. The Kier molecular flexibility index (Phi) is 4.30. The Labute approximate surface area is 108 Å². The highest BCUT2D eigenvalue weighted by Crippen LogP contribution is 2.36. The van der Waals surface area contributed by atoms with Gasteiger partial charge >= 0.3 is 5.97 Å². The maximum atomic E-state index is 11.5. The van der Waals surface area contributed by atoms with Gasteiger partial charge in [0, 0.05) is 13.8 Å². The SMILES string of the molecule is CC(=O)O[C@]1(N)[C@H](O)[C@@H](O)[C@@H](CO)OC1(O)C(C)=O. The molecule has 0 radical (unpaired) electrons. The van der Waals surface area contributed by atoms with Crippen LogP contribution in [0.15, 0.2) is 0 Å². The van der Waals surface area contributed by atoms with Crippen molar-refractivity contribution in [2.45, 2.75) is 43.7 Å². The minimum Gasteiger partial charge on any atom is -0.435 e. The molecule has 5 atom stereocenters. The van der Waals surface area contributed by atoms with Crippen LogP contribution >= 0.6 is 0 Å². The molecule has 9 nitrogen and oxygen atoms in total. The van der Waals surface area contributed by atoms with Gasteiger partial charge in [0.25, 0.3) is 11.5 Å². The lowest BCUT2D eigenvalue weighted by atomic mass is 9.85. The predicted molar refractivity (Wildman–Crippen MR) is 58.3 cm³/mol. The standard InChI is InChI=1S/C10H17NO8/c1-4(13)10(17)9(11,18-5(2)14)8(16)7(15)6(3-12)19-10/h6-8,12,15-17H,3,11H2,1-2H3/t6-,7+,8-,9-,10?/m1/s1. The molecule has 0 aromatic heterocycles. The van der Waals surface area contributed by atoms with Crippen molar-refractivity contribution in [1.82, 2.24) is 0 Å². The van der Waals surface area contributed by atoms with E-state index in [1.54, 1.807) is 0 Å². The molecule has 1 aliphatic rings. The van der Waals surface area contributed by atoms with Crippen LogP contribution < -0.4 is 5.73 Å². The Bertz CT molecular complexity index is 388. The van der Waals surface area contributed by atoms with Crippen molar-refractivity contribution in [2.75, 3.05) is 6.61 Å². The first kappa shape index (κ1) is 16.0. The maximum Gasteiger partial charge on any atom is 0.304 e. The van der Waals surface area contributed by atoms with Gasteiger partial charge in [0.05, 0.1) is 6.61 Å². The topological polar surface area (TPSA) is 160 Å². The molecule has 1 fully saturated rings. The van der Waals surface area contributed by atoms with E-state index in [1.165, 1.54) is 0 Å². The van der Waals surface area contributed by atoms with Gasteiger partial charge in [-0.1, -0.05) is 0 Å². The summed E-state index contributed by atoms with van der Waals surface area (Å²) in [6.07, 6.45) is -5.25. The molecule has 110 valence electrons. The van der Waals surface area contributed by atoms with Crippen LogP contribution in [0.2, 0.25) is 0 Å². The van der Waals surface area contributed by atoms with Crippen molar-refractivity contribution in [3.8, 4) is 0 Å². The van der Waals surface area contributed by atoms with Crippen LogP contribution in [0.25, 0.3) is 0 Å². The second-order valence-electron chi connectivity index (χ2n) is 4.36. The third-order valence-electron chi connectivity index (χ3n) is 2.97. The summed E-state index contributed by atoms with van der Waals surface area (Å²) in [4.78, 5) is 22.5. The second-order valence-corrected chi connectivity index (χ2v) is 4.36. The Morgan fingerprint density at radius 1 is 1.37 bits per heavy atom. The molecule has 0 bridgehead atoms. The van der Waals surface area contributed by atoms with Crippen molar-refractivity contribution >= 4 is 11.8 Å². The van der Waals surface area contributed by atoms with Gasteiger partial charge in [-0.05, 0) is 0 Å². The van der Waals surface area contributed by atoms with Crippen molar-refractivity contribution in [2.24, 2.45) is 5.73 Å². The summed E-state index contributed by atoms with van der Waals surface area (Å²) >= 11 is 0. The van der Waals surface area contributed by atoms with E-state index in [-0.39, 0.29) is 0 Å². The quantitative estimate of drug-likeness (QED) is 0.262. The molecular formula is C10H17NO8. The second kappa shape index (κ2) is 5.12. The number of carbonyl (C=O) groups is 2. The number of esters is 1. The summed E-state index contributed by atoms with van der Waals surface area (Å²) < 4.78 is 9.41. The number of nitrogens with two attached hydrogens (primary N) is 1. The minimum atomic E-state index is -2.88. The molecule has 6 N–H and O–H groups in total. The minimum absolute atomic E-state index is 0.788. The van der Waals surface area contributed by atoms with Crippen LogP contribution in [0.5, 0.6) is 0 Å². The van der Waals surface area contributed by atoms with Crippen LogP contribution in [0.4, 0.5) is 0 Å². The van der Waals surface area contributed by atoms with Gasteiger partial charge in [0.1, 0.15) is 18.3 Å². The van der Waals surface area contributed by atoms with Crippen LogP contribution in [0, 0.1) is 0 Å². The molecule has 19 heavy (non-hydrogen) atoms. The average molecular weight is 279 g/mol. The molecule has 1 unspecified atom stereocenters. The summed E-state index contributed by atoms with van der Waals surface area (Å²) in [5.41, 5.74) is 2.88. The number of ether oxygens (including phenoxy) is 2. The number of hydrogen-bond acceptors (Lipinski definition) is 9. The lowest BCUT2D eigenvalue weighted by Crippen LogP contribution is -2.80. The van der Waals surface area contributed by atoms with E-state index in [2.05, 4.69) is 4.74 Å². The van der Waals surface area contributed by atoms with Gasteiger partial charge in [0.15, 0.2) is 5.78 Å². The van der Waals surface area contributed by atoms with Crippen LogP contribution in [0.3, 0.4) is 0 Å². The zero-order valence-electron chi connectivity index (χ0n) is 10.4. The van der Waals surface area contributed by atoms with E-state index >= 15 is 0 Å². The number of rotatable bonds is 3. The molecule has 0 aromatic carbocycles. The lowest BCUT2D eigenvalue weighted by Gasteiger charge is -2.51. The van der Waals surface area contributed by atoms with E-state index in [9.17, 15) is 24.9 Å². The summed E-state index contributed by atoms with van der Waals surface area (Å²) in [5.74, 6) is -4.94.